The summed E-state index contributed by atoms with van der Waals surface area (Å²) in [5, 5.41) is 3.96. The third-order valence-electron chi connectivity index (χ3n) is 2.72. The predicted octanol–water partition coefficient (Wildman–Crippen LogP) is 4.44. The molecule has 0 aliphatic rings. The van der Waals surface area contributed by atoms with Crippen LogP contribution in [0.5, 0.6) is 0 Å². The van der Waals surface area contributed by atoms with Crippen LogP contribution in [0.15, 0.2) is 58.1 Å². The van der Waals surface area contributed by atoms with Crippen molar-refractivity contribution in [1.82, 2.24) is 5.43 Å². The van der Waals surface area contributed by atoms with Gasteiger partial charge in [0.05, 0.1) is 12.0 Å². The minimum absolute atomic E-state index is 0.0983. The van der Waals surface area contributed by atoms with E-state index in [0.29, 0.717) is 5.75 Å². The van der Waals surface area contributed by atoms with Gasteiger partial charge in [0, 0.05) is 13.8 Å². The van der Waals surface area contributed by atoms with Crippen LogP contribution in [0.2, 0.25) is 0 Å². The van der Waals surface area contributed by atoms with Crippen molar-refractivity contribution in [2.45, 2.75) is 5.75 Å². The molecule has 3 nitrogen and oxygen atoms in total. The highest BCUT2D eigenvalue weighted by molar-refractivity contribution is 14.1. The van der Waals surface area contributed by atoms with Gasteiger partial charge >= 0.3 is 0 Å². The molecule has 0 spiro atoms. The fourth-order valence-corrected chi connectivity index (χ4v) is 3.42. The third-order valence-corrected chi connectivity index (χ3v) is 5.20. The van der Waals surface area contributed by atoms with Crippen molar-refractivity contribution in [2.24, 2.45) is 5.10 Å². The van der Waals surface area contributed by atoms with Crippen LogP contribution in [0, 0.1) is 3.57 Å². The van der Waals surface area contributed by atoms with Crippen molar-refractivity contribution >= 4 is 62.4 Å². The second kappa shape index (κ2) is 9.32. The van der Waals surface area contributed by atoms with E-state index in [9.17, 15) is 4.79 Å². The summed E-state index contributed by atoms with van der Waals surface area (Å²) in [4.78, 5) is 11.7. The minimum Gasteiger partial charge on any atom is -0.272 e. The van der Waals surface area contributed by atoms with Gasteiger partial charge in [0.25, 0.3) is 0 Å². The summed E-state index contributed by atoms with van der Waals surface area (Å²) in [5.41, 5.74) is 4.69. The number of amides is 1. The van der Waals surface area contributed by atoms with Crippen LogP contribution in [-0.4, -0.2) is 17.9 Å². The molecule has 0 saturated heterocycles. The molecule has 0 atom stereocenters. The van der Waals surface area contributed by atoms with E-state index in [2.05, 4.69) is 49.0 Å². The zero-order valence-corrected chi connectivity index (χ0v) is 16.2. The van der Waals surface area contributed by atoms with Gasteiger partial charge in [-0.05, 0) is 51.9 Å². The van der Waals surface area contributed by atoms with Gasteiger partial charge in [-0.15, -0.1) is 11.8 Å². The number of rotatable bonds is 6. The molecule has 2 rings (SSSR count). The average molecular weight is 489 g/mol. The van der Waals surface area contributed by atoms with Gasteiger partial charge in [0.2, 0.25) is 5.91 Å². The summed E-state index contributed by atoms with van der Waals surface area (Å²) < 4.78 is 2.24. The quantitative estimate of drug-likeness (QED) is 0.371. The third kappa shape index (κ3) is 6.10. The standard InChI is InChI=1S/C16H14BrIN2OS/c17-15-4-2-1-3-13(15)10-22-11-16(21)20-19-9-12-5-7-14(18)8-6-12/h1-9H,10-11H2,(H,20,21). The highest BCUT2D eigenvalue weighted by Crippen LogP contribution is 2.20. The van der Waals surface area contributed by atoms with Crippen LogP contribution < -0.4 is 5.43 Å². The zero-order chi connectivity index (χ0) is 15.8. The summed E-state index contributed by atoms with van der Waals surface area (Å²) in [6.45, 7) is 0. The number of hydrogen-bond donors (Lipinski definition) is 1. The number of halogens is 2. The van der Waals surface area contributed by atoms with Gasteiger partial charge in [-0.1, -0.05) is 46.3 Å². The van der Waals surface area contributed by atoms with E-state index in [1.54, 1.807) is 18.0 Å². The van der Waals surface area contributed by atoms with Crippen LogP contribution in [-0.2, 0) is 10.5 Å². The van der Waals surface area contributed by atoms with Gasteiger partial charge in [-0.2, -0.15) is 5.10 Å². The maximum absolute atomic E-state index is 11.7. The normalized spacial score (nSPS) is 10.8. The van der Waals surface area contributed by atoms with Crippen LogP contribution in [0.1, 0.15) is 11.1 Å². The number of hydrogen-bond acceptors (Lipinski definition) is 3. The van der Waals surface area contributed by atoms with Gasteiger partial charge in [-0.3, -0.25) is 4.79 Å². The Morgan fingerprint density at radius 1 is 1.23 bits per heavy atom. The lowest BCUT2D eigenvalue weighted by Crippen LogP contribution is -2.19. The molecule has 0 saturated carbocycles. The number of carbonyl (C=O) groups is 1. The molecule has 22 heavy (non-hydrogen) atoms. The first-order valence-corrected chi connectivity index (χ1v) is 9.56. The molecular formula is C16H14BrIN2OS. The highest BCUT2D eigenvalue weighted by atomic mass is 127. The largest absolute Gasteiger partial charge is 0.272 e. The van der Waals surface area contributed by atoms with Crippen LogP contribution in [0.3, 0.4) is 0 Å². The molecule has 6 heteroatoms. The summed E-state index contributed by atoms with van der Waals surface area (Å²) in [5.74, 6) is 1.07. The first kappa shape index (κ1) is 17.5. The molecule has 0 bridgehead atoms. The van der Waals surface area contributed by atoms with Gasteiger partial charge < -0.3 is 0 Å². The highest BCUT2D eigenvalue weighted by Gasteiger charge is 2.02. The Morgan fingerprint density at radius 3 is 2.68 bits per heavy atom. The molecule has 2 aromatic carbocycles. The van der Waals surface area contributed by atoms with Crippen molar-refractivity contribution in [1.29, 1.82) is 0 Å². The van der Waals surface area contributed by atoms with E-state index in [-0.39, 0.29) is 5.91 Å². The molecule has 0 aromatic heterocycles. The molecular weight excluding hydrogens is 475 g/mol. The van der Waals surface area contributed by atoms with Gasteiger partial charge in [-0.25, -0.2) is 5.43 Å². The van der Waals surface area contributed by atoms with E-state index < -0.39 is 0 Å². The number of hydrazone groups is 1. The van der Waals surface area contributed by atoms with E-state index >= 15 is 0 Å². The summed E-state index contributed by atoms with van der Waals surface area (Å²) in [7, 11) is 0. The lowest BCUT2D eigenvalue weighted by atomic mass is 10.2. The number of nitrogens with one attached hydrogen (secondary N) is 1. The van der Waals surface area contributed by atoms with Crippen molar-refractivity contribution in [2.75, 3.05) is 5.75 Å². The Bertz CT molecular complexity index is 661. The molecule has 114 valence electrons. The smallest absolute Gasteiger partial charge is 0.250 e. The summed E-state index contributed by atoms with van der Waals surface area (Å²) in [6, 6.07) is 15.9. The topological polar surface area (TPSA) is 41.5 Å². The van der Waals surface area contributed by atoms with Crippen LogP contribution in [0.25, 0.3) is 0 Å². The molecule has 0 unspecified atom stereocenters. The molecule has 0 fully saturated rings. The Kier molecular flexibility index (Phi) is 7.41. The number of carbonyl (C=O) groups excluding carboxylic acids is 1. The van der Waals surface area contributed by atoms with Crippen LogP contribution in [0.4, 0.5) is 0 Å². The van der Waals surface area contributed by atoms with E-state index in [1.165, 1.54) is 9.13 Å². The SMILES string of the molecule is O=C(CSCc1ccccc1Br)NN=Cc1ccc(I)cc1. The Morgan fingerprint density at radius 2 is 1.95 bits per heavy atom. The molecule has 2 aromatic rings. The van der Waals surface area contributed by atoms with E-state index in [4.69, 9.17) is 0 Å². The second-order valence-corrected chi connectivity index (χ2v) is 7.51. The maximum atomic E-state index is 11.7. The minimum atomic E-state index is -0.0983. The second-order valence-electron chi connectivity index (χ2n) is 4.43. The lowest BCUT2D eigenvalue weighted by molar-refractivity contribution is -0.118. The first-order chi connectivity index (χ1) is 10.6. The van der Waals surface area contributed by atoms with E-state index in [0.717, 1.165) is 15.8 Å². The van der Waals surface area contributed by atoms with Crippen LogP contribution >= 0.6 is 50.3 Å². The van der Waals surface area contributed by atoms with Crippen molar-refractivity contribution in [3.05, 3.63) is 67.7 Å². The molecule has 1 N–H and O–H groups in total. The first-order valence-electron chi connectivity index (χ1n) is 6.54. The summed E-state index contributed by atoms with van der Waals surface area (Å²) in [6.07, 6.45) is 1.65. The molecule has 0 aliphatic carbocycles. The van der Waals surface area contributed by atoms with E-state index in [1.807, 2.05) is 48.5 Å². The fraction of sp³-hybridized carbons (Fsp3) is 0.125. The molecule has 0 radical (unpaired) electrons. The van der Waals surface area contributed by atoms with Crippen molar-refractivity contribution < 1.29 is 4.79 Å². The number of benzene rings is 2. The van der Waals surface area contributed by atoms with Gasteiger partial charge in [0.15, 0.2) is 0 Å². The monoisotopic (exact) mass is 488 g/mol. The molecule has 0 heterocycles. The summed E-state index contributed by atoms with van der Waals surface area (Å²) >= 11 is 7.30. The number of thioether (sulfide) groups is 1. The average Bonchev–Trinajstić information content (AvgIpc) is 2.51. The zero-order valence-electron chi connectivity index (χ0n) is 11.6. The lowest BCUT2D eigenvalue weighted by Gasteiger charge is -2.03. The van der Waals surface area contributed by atoms with Crippen molar-refractivity contribution in [3.8, 4) is 0 Å². The predicted molar refractivity (Wildman–Crippen MR) is 105 cm³/mol. The Labute approximate surface area is 156 Å². The fourth-order valence-electron chi connectivity index (χ4n) is 1.63. The Hall–Kier alpha value is -0.860. The number of nitrogens with zero attached hydrogens (tertiary/aromatic N) is 1. The van der Waals surface area contributed by atoms with Gasteiger partial charge in [0.1, 0.15) is 0 Å². The Balaban J connectivity index is 1.72. The molecule has 1 amide bonds. The van der Waals surface area contributed by atoms with Crippen molar-refractivity contribution in [3.63, 3.8) is 0 Å². The molecule has 0 aliphatic heterocycles. The maximum Gasteiger partial charge on any atom is 0.250 e.